The molecule has 0 aliphatic carbocycles. The number of hydrogen-bond donors (Lipinski definition) is 2. The first-order valence-electron chi connectivity index (χ1n) is 6.85. The molecule has 0 heterocycles. The van der Waals surface area contributed by atoms with Gasteiger partial charge in [0.1, 0.15) is 5.82 Å². The van der Waals surface area contributed by atoms with Gasteiger partial charge in [-0.2, -0.15) is 0 Å². The zero-order valence-corrected chi connectivity index (χ0v) is 12.1. The number of nitrogens with zero attached hydrogens (tertiary/aromatic N) is 1. The zero-order chi connectivity index (χ0) is 14.3. The number of hydrogen-bond acceptors (Lipinski definition) is 3. The molecule has 0 aliphatic heterocycles. The molecule has 1 rings (SSSR count). The van der Waals surface area contributed by atoms with Crippen LogP contribution in [0.4, 0.5) is 10.1 Å². The van der Waals surface area contributed by atoms with Gasteiger partial charge in [-0.05, 0) is 36.6 Å². The molecule has 1 aromatic rings. The molecular formula is C15H25FN2O. The van der Waals surface area contributed by atoms with Gasteiger partial charge in [0.15, 0.2) is 0 Å². The molecule has 0 saturated carbocycles. The molecule has 19 heavy (non-hydrogen) atoms. The van der Waals surface area contributed by atoms with Crippen molar-refractivity contribution in [2.45, 2.75) is 26.8 Å². The lowest BCUT2D eigenvalue weighted by molar-refractivity contribution is 0.303. The van der Waals surface area contributed by atoms with Gasteiger partial charge in [-0.25, -0.2) is 4.39 Å². The highest BCUT2D eigenvalue weighted by molar-refractivity contribution is 5.49. The van der Waals surface area contributed by atoms with Crippen LogP contribution >= 0.6 is 0 Å². The first-order valence-corrected chi connectivity index (χ1v) is 6.85. The summed E-state index contributed by atoms with van der Waals surface area (Å²) in [7, 11) is 1.78. The fourth-order valence-electron chi connectivity index (χ4n) is 1.85. The van der Waals surface area contributed by atoms with Crippen LogP contribution in [0, 0.1) is 11.7 Å². The van der Waals surface area contributed by atoms with Gasteiger partial charge in [0.05, 0.1) is 12.3 Å². The maximum Gasteiger partial charge on any atom is 0.146 e. The highest BCUT2D eigenvalue weighted by Crippen LogP contribution is 2.19. The molecule has 0 bridgehead atoms. The average Bonchev–Trinajstić information content (AvgIpc) is 2.36. The number of nitrogens with one attached hydrogen (secondary N) is 1. The van der Waals surface area contributed by atoms with Crippen LogP contribution < -0.4 is 10.2 Å². The monoisotopic (exact) mass is 268 g/mol. The van der Waals surface area contributed by atoms with Crippen molar-refractivity contribution in [1.29, 1.82) is 0 Å². The molecule has 2 N–H and O–H groups in total. The molecule has 0 radical (unpaired) electrons. The maximum atomic E-state index is 13.7. The fraction of sp³-hybridized carbons (Fsp3) is 0.600. The Hall–Kier alpha value is -1.13. The number of aliphatic hydroxyl groups excluding tert-OH is 1. The summed E-state index contributed by atoms with van der Waals surface area (Å²) < 4.78 is 13.7. The van der Waals surface area contributed by atoms with E-state index in [-0.39, 0.29) is 12.4 Å². The van der Waals surface area contributed by atoms with Crippen LogP contribution in [0.2, 0.25) is 0 Å². The second-order valence-corrected chi connectivity index (χ2v) is 5.29. The molecular weight excluding hydrogens is 243 g/mol. The van der Waals surface area contributed by atoms with Crippen LogP contribution in [0.3, 0.4) is 0 Å². The van der Waals surface area contributed by atoms with Gasteiger partial charge in [0.2, 0.25) is 0 Å². The summed E-state index contributed by atoms with van der Waals surface area (Å²) in [5, 5.41) is 12.3. The smallest absolute Gasteiger partial charge is 0.146 e. The number of benzene rings is 1. The lowest BCUT2D eigenvalue weighted by Crippen LogP contribution is -2.23. The van der Waals surface area contributed by atoms with E-state index in [1.54, 1.807) is 18.0 Å². The largest absolute Gasteiger partial charge is 0.395 e. The van der Waals surface area contributed by atoms with E-state index < -0.39 is 0 Å². The summed E-state index contributed by atoms with van der Waals surface area (Å²) >= 11 is 0. The average molecular weight is 268 g/mol. The third-order valence-corrected chi connectivity index (χ3v) is 3.08. The molecule has 0 fully saturated rings. The van der Waals surface area contributed by atoms with Crippen LogP contribution in [-0.4, -0.2) is 31.9 Å². The first-order chi connectivity index (χ1) is 9.04. The molecule has 0 aromatic heterocycles. The van der Waals surface area contributed by atoms with Crippen molar-refractivity contribution in [3.63, 3.8) is 0 Å². The normalized spacial score (nSPS) is 11.1. The molecule has 0 aliphatic rings. The lowest BCUT2D eigenvalue weighted by Gasteiger charge is -2.19. The standard InChI is InChI=1S/C15H25FN2O/c1-12(2)6-7-17-11-13-4-5-14(16)15(10-13)18(3)8-9-19/h4-5,10,12,17,19H,6-9,11H2,1-3H3. The van der Waals surface area contributed by atoms with Crippen molar-refractivity contribution in [3.05, 3.63) is 29.6 Å². The summed E-state index contributed by atoms with van der Waals surface area (Å²) in [6.07, 6.45) is 1.14. The quantitative estimate of drug-likeness (QED) is 0.711. The van der Waals surface area contributed by atoms with Gasteiger partial charge in [-0.15, -0.1) is 0 Å². The van der Waals surface area contributed by atoms with E-state index in [9.17, 15) is 4.39 Å². The topological polar surface area (TPSA) is 35.5 Å². The van der Waals surface area contributed by atoms with E-state index >= 15 is 0 Å². The van der Waals surface area contributed by atoms with Crippen molar-refractivity contribution in [2.75, 3.05) is 31.6 Å². The van der Waals surface area contributed by atoms with Crippen LogP contribution in [0.1, 0.15) is 25.8 Å². The van der Waals surface area contributed by atoms with E-state index in [2.05, 4.69) is 19.2 Å². The van der Waals surface area contributed by atoms with Gasteiger partial charge in [-0.1, -0.05) is 19.9 Å². The third-order valence-electron chi connectivity index (χ3n) is 3.08. The Morgan fingerprint density at radius 1 is 1.37 bits per heavy atom. The molecule has 0 spiro atoms. The van der Waals surface area contributed by atoms with Crippen molar-refractivity contribution in [3.8, 4) is 0 Å². The van der Waals surface area contributed by atoms with Crippen LogP contribution in [0.25, 0.3) is 0 Å². The van der Waals surface area contributed by atoms with E-state index in [1.165, 1.54) is 6.07 Å². The zero-order valence-electron chi connectivity index (χ0n) is 12.1. The SMILES string of the molecule is CC(C)CCNCc1ccc(F)c(N(C)CCO)c1. The highest BCUT2D eigenvalue weighted by atomic mass is 19.1. The molecule has 0 amide bonds. The second-order valence-electron chi connectivity index (χ2n) is 5.29. The predicted octanol–water partition coefficient (Wildman–Crippen LogP) is 2.39. The number of aliphatic hydroxyl groups is 1. The summed E-state index contributed by atoms with van der Waals surface area (Å²) in [4.78, 5) is 1.73. The molecule has 0 atom stereocenters. The molecule has 108 valence electrons. The Kier molecular flexibility index (Phi) is 6.81. The Morgan fingerprint density at radius 2 is 2.11 bits per heavy atom. The van der Waals surface area contributed by atoms with E-state index in [4.69, 9.17) is 5.11 Å². The Morgan fingerprint density at radius 3 is 2.74 bits per heavy atom. The van der Waals surface area contributed by atoms with E-state index in [0.717, 1.165) is 25.1 Å². The number of likely N-dealkylation sites (N-methyl/N-ethyl adjacent to an activating group) is 1. The molecule has 0 saturated heterocycles. The first kappa shape index (κ1) is 15.9. The maximum absolute atomic E-state index is 13.7. The van der Waals surface area contributed by atoms with Gasteiger partial charge in [0, 0.05) is 20.1 Å². The minimum atomic E-state index is -0.248. The number of anilines is 1. The van der Waals surface area contributed by atoms with E-state index in [0.29, 0.717) is 18.2 Å². The lowest BCUT2D eigenvalue weighted by atomic mass is 10.1. The summed E-state index contributed by atoms with van der Waals surface area (Å²) in [5.41, 5.74) is 1.60. The number of halogens is 1. The molecule has 1 aromatic carbocycles. The molecule has 0 unspecified atom stereocenters. The van der Waals surface area contributed by atoms with E-state index in [1.807, 2.05) is 6.07 Å². The highest BCUT2D eigenvalue weighted by Gasteiger charge is 2.08. The molecule has 4 heteroatoms. The Labute approximate surface area is 115 Å². The minimum absolute atomic E-state index is 0.0206. The summed E-state index contributed by atoms with van der Waals surface area (Å²) in [6.45, 7) is 6.56. The number of rotatable bonds is 8. The van der Waals surface area contributed by atoms with Crippen molar-refractivity contribution in [1.82, 2.24) is 5.32 Å². The van der Waals surface area contributed by atoms with Crippen molar-refractivity contribution < 1.29 is 9.50 Å². The van der Waals surface area contributed by atoms with Gasteiger partial charge >= 0.3 is 0 Å². The van der Waals surface area contributed by atoms with Crippen molar-refractivity contribution in [2.24, 2.45) is 5.92 Å². The third kappa shape index (κ3) is 5.57. The Bertz CT molecular complexity index is 382. The molecule has 3 nitrogen and oxygen atoms in total. The minimum Gasteiger partial charge on any atom is -0.395 e. The van der Waals surface area contributed by atoms with Crippen LogP contribution in [0.5, 0.6) is 0 Å². The van der Waals surface area contributed by atoms with Crippen LogP contribution in [-0.2, 0) is 6.54 Å². The van der Waals surface area contributed by atoms with Gasteiger partial charge < -0.3 is 15.3 Å². The predicted molar refractivity (Wildman–Crippen MR) is 77.9 cm³/mol. The van der Waals surface area contributed by atoms with Crippen LogP contribution in [0.15, 0.2) is 18.2 Å². The summed E-state index contributed by atoms with van der Waals surface area (Å²) in [6, 6.07) is 5.13. The Balaban J connectivity index is 2.58. The van der Waals surface area contributed by atoms with Crippen molar-refractivity contribution >= 4 is 5.69 Å². The fourth-order valence-corrected chi connectivity index (χ4v) is 1.85. The summed E-state index contributed by atoms with van der Waals surface area (Å²) in [5.74, 6) is 0.439. The van der Waals surface area contributed by atoms with Gasteiger partial charge in [0.25, 0.3) is 0 Å². The van der Waals surface area contributed by atoms with Gasteiger partial charge in [-0.3, -0.25) is 0 Å². The second kappa shape index (κ2) is 8.12.